The Kier molecular flexibility index (Phi) is 13.9. The zero-order valence-corrected chi connectivity index (χ0v) is 29.4. The first-order chi connectivity index (χ1) is 24.8. The fourth-order valence-electron chi connectivity index (χ4n) is 5.25. The molecule has 3 heterocycles. The van der Waals surface area contributed by atoms with Crippen LogP contribution in [0.1, 0.15) is 52.6 Å². The zero-order valence-electron chi connectivity index (χ0n) is 27.8. The summed E-state index contributed by atoms with van der Waals surface area (Å²) in [6.07, 6.45) is 0.0957. The SMILES string of the molecule is O=C(O)CC(NC(=O)NC(CCCCNC(=O)OCc1ccccc1)COC(=O)N(Cc1cccs1)Cc1cccs1)c1ccc2c(c1)OCO2. The van der Waals surface area contributed by atoms with E-state index in [1.165, 1.54) is 0 Å². The standard InChI is InChI=1S/C36H40N4O9S2/c41-33(42)19-30(26-13-14-31-32(18-26)49-24-48-31)39-34(43)38-27(10-4-5-15-37-35(44)46-22-25-8-2-1-3-9-25)23-47-36(45)40(20-28-11-6-16-50-28)21-29-12-7-17-51-29/h1-3,6-9,11-14,16-18,27,30H,4-5,10,15,19-24H2,(H,37,44)(H,41,42)(H2,38,39,43). The van der Waals surface area contributed by atoms with Crippen LogP contribution < -0.4 is 25.4 Å². The topological polar surface area (TPSA) is 165 Å². The molecule has 2 aromatic heterocycles. The predicted octanol–water partition coefficient (Wildman–Crippen LogP) is 6.66. The van der Waals surface area contributed by atoms with Crippen molar-refractivity contribution in [2.75, 3.05) is 19.9 Å². The Balaban J connectivity index is 1.18. The monoisotopic (exact) mass is 736 g/mol. The van der Waals surface area contributed by atoms with Crippen LogP contribution in [-0.2, 0) is 34.0 Å². The van der Waals surface area contributed by atoms with Crippen LogP contribution >= 0.6 is 22.7 Å². The van der Waals surface area contributed by atoms with E-state index in [9.17, 15) is 24.3 Å². The number of carboxylic acid groups (broad SMARTS) is 1. The van der Waals surface area contributed by atoms with Gasteiger partial charge in [0.15, 0.2) is 11.5 Å². The molecule has 4 N–H and O–H groups in total. The summed E-state index contributed by atoms with van der Waals surface area (Å²) < 4.78 is 21.8. The van der Waals surface area contributed by atoms with E-state index in [1.54, 1.807) is 45.8 Å². The molecule has 1 aliphatic rings. The lowest BCUT2D eigenvalue weighted by Gasteiger charge is -2.25. The fourth-order valence-corrected chi connectivity index (χ4v) is 6.69. The number of rotatable bonds is 18. The zero-order chi connectivity index (χ0) is 35.8. The van der Waals surface area contributed by atoms with Crippen molar-refractivity contribution in [2.45, 2.75) is 57.5 Å². The van der Waals surface area contributed by atoms with E-state index in [2.05, 4.69) is 16.0 Å². The van der Waals surface area contributed by atoms with Gasteiger partial charge in [-0.1, -0.05) is 48.5 Å². The van der Waals surface area contributed by atoms with Crippen LogP contribution in [0.15, 0.2) is 83.6 Å². The van der Waals surface area contributed by atoms with Crippen molar-refractivity contribution in [2.24, 2.45) is 0 Å². The molecular weight excluding hydrogens is 697 g/mol. The second-order valence-corrected chi connectivity index (χ2v) is 13.7. The van der Waals surface area contributed by atoms with Gasteiger partial charge in [0, 0.05) is 16.3 Å². The Morgan fingerprint density at radius 3 is 2.25 bits per heavy atom. The molecule has 15 heteroatoms. The Morgan fingerprint density at radius 2 is 1.57 bits per heavy atom. The molecule has 4 amide bonds. The summed E-state index contributed by atoms with van der Waals surface area (Å²) in [6.45, 7) is 1.16. The van der Waals surface area contributed by atoms with Crippen molar-refractivity contribution in [1.29, 1.82) is 0 Å². The van der Waals surface area contributed by atoms with Crippen molar-refractivity contribution < 1.29 is 43.2 Å². The summed E-state index contributed by atoms with van der Waals surface area (Å²) in [5.74, 6) is -0.109. The molecule has 5 rings (SSSR count). The van der Waals surface area contributed by atoms with Crippen LogP contribution in [0.2, 0.25) is 0 Å². The summed E-state index contributed by atoms with van der Waals surface area (Å²) >= 11 is 3.08. The quantitative estimate of drug-likeness (QED) is 0.0818. The van der Waals surface area contributed by atoms with Gasteiger partial charge in [-0.2, -0.15) is 0 Å². The number of nitrogens with zero attached hydrogens (tertiary/aromatic N) is 1. The fraction of sp³-hybridized carbons (Fsp3) is 0.333. The molecule has 2 atom stereocenters. The van der Waals surface area contributed by atoms with Crippen molar-refractivity contribution in [3.05, 3.63) is 104 Å². The second kappa shape index (κ2) is 19.2. The number of carbonyl (C=O) groups is 4. The van der Waals surface area contributed by atoms with Gasteiger partial charge in [0.25, 0.3) is 0 Å². The number of ether oxygens (including phenoxy) is 4. The number of aliphatic carboxylic acids is 1. The number of alkyl carbamates (subject to hydrolysis) is 1. The number of unbranched alkanes of at least 4 members (excludes halogenated alkanes) is 1. The van der Waals surface area contributed by atoms with Gasteiger partial charge in [0.05, 0.1) is 31.6 Å². The molecule has 0 bridgehead atoms. The van der Waals surface area contributed by atoms with Crippen molar-refractivity contribution in [1.82, 2.24) is 20.9 Å². The highest BCUT2D eigenvalue weighted by atomic mass is 32.1. The minimum Gasteiger partial charge on any atom is -0.481 e. The summed E-state index contributed by atoms with van der Waals surface area (Å²) in [6, 6.07) is 20.0. The van der Waals surface area contributed by atoms with Gasteiger partial charge in [0.2, 0.25) is 6.79 Å². The lowest BCUT2D eigenvalue weighted by molar-refractivity contribution is -0.137. The highest BCUT2D eigenvalue weighted by Crippen LogP contribution is 2.35. The third kappa shape index (κ3) is 12.2. The molecular formula is C36H40N4O9S2. The summed E-state index contributed by atoms with van der Waals surface area (Å²) in [4.78, 5) is 54.3. The summed E-state index contributed by atoms with van der Waals surface area (Å²) in [7, 11) is 0. The van der Waals surface area contributed by atoms with Gasteiger partial charge in [-0.15, -0.1) is 22.7 Å². The number of amides is 4. The van der Waals surface area contributed by atoms with Gasteiger partial charge in [-0.3, -0.25) is 9.69 Å². The smallest absolute Gasteiger partial charge is 0.410 e. The van der Waals surface area contributed by atoms with Gasteiger partial charge < -0.3 is 40.0 Å². The highest BCUT2D eigenvalue weighted by Gasteiger charge is 2.25. The number of carbonyl (C=O) groups excluding carboxylic acids is 3. The number of urea groups is 1. The van der Waals surface area contributed by atoms with Crippen LogP contribution in [0.25, 0.3) is 0 Å². The maximum absolute atomic E-state index is 13.4. The van der Waals surface area contributed by atoms with Gasteiger partial charge in [-0.25, -0.2) is 14.4 Å². The molecule has 13 nitrogen and oxygen atoms in total. The molecule has 2 unspecified atom stereocenters. The van der Waals surface area contributed by atoms with Crippen molar-refractivity contribution in [3.63, 3.8) is 0 Å². The molecule has 0 saturated heterocycles. The first-order valence-electron chi connectivity index (χ1n) is 16.4. The van der Waals surface area contributed by atoms with Crippen LogP contribution in [0.3, 0.4) is 0 Å². The lowest BCUT2D eigenvalue weighted by atomic mass is 10.0. The largest absolute Gasteiger partial charge is 0.481 e. The number of hydrogen-bond acceptors (Lipinski definition) is 10. The number of benzene rings is 2. The van der Waals surface area contributed by atoms with Crippen molar-refractivity contribution >= 4 is 46.9 Å². The minimum absolute atomic E-state index is 0.0547. The molecule has 0 spiro atoms. The Morgan fingerprint density at radius 1 is 0.843 bits per heavy atom. The van der Waals surface area contributed by atoms with E-state index in [4.69, 9.17) is 18.9 Å². The van der Waals surface area contributed by atoms with Crippen LogP contribution in [0.4, 0.5) is 14.4 Å². The van der Waals surface area contributed by atoms with Crippen LogP contribution in [0, 0.1) is 0 Å². The molecule has 2 aromatic carbocycles. The average molecular weight is 737 g/mol. The summed E-state index contributed by atoms with van der Waals surface area (Å²) in [5.41, 5.74) is 1.41. The average Bonchev–Trinajstić information content (AvgIpc) is 3.93. The number of hydrogen-bond donors (Lipinski definition) is 4. The number of carboxylic acids is 1. The molecule has 4 aromatic rings. The van der Waals surface area contributed by atoms with E-state index in [0.29, 0.717) is 56.0 Å². The van der Waals surface area contributed by atoms with Gasteiger partial charge >= 0.3 is 24.2 Å². The number of fused-ring (bicyclic) bond motifs is 1. The predicted molar refractivity (Wildman–Crippen MR) is 191 cm³/mol. The van der Waals surface area contributed by atoms with E-state index in [0.717, 1.165) is 15.3 Å². The van der Waals surface area contributed by atoms with Crippen LogP contribution in [0.5, 0.6) is 11.5 Å². The van der Waals surface area contributed by atoms with E-state index < -0.39 is 36.3 Å². The lowest BCUT2D eigenvalue weighted by Crippen LogP contribution is -2.46. The second-order valence-electron chi connectivity index (χ2n) is 11.7. The maximum Gasteiger partial charge on any atom is 0.410 e. The van der Waals surface area contributed by atoms with E-state index in [-0.39, 0.29) is 26.4 Å². The van der Waals surface area contributed by atoms with Gasteiger partial charge in [-0.05, 0) is 65.4 Å². The van der Waals surface area contributed by atoms with Crippen molar-refractivity contribution in [3.8, 4) is 11.5 Å². The Hall–Kier alpha value is -5.28. The first kappa shape index (κ1) is 37.0. The first-order valence-corrected chi connectivity index (χ1v) is 18.2. The minimum atomic E-state index is -1.10. The normalized spacial score (nSPS) is 12.7. The number of nitrogens with one attached hydrogen (secondary N) is 3. The summed E-state index contributed by atoms with van der Waals surface area (Å²) in [5, 5.41) is 21.8. The van der Waals surface area contributed by atoms with E-state index in [1.807, 2.05) is 65.4 Å². The Labute approximate surface area is 303 Å². The molecule has 51 heavy (non-hydrogen) atoms. The Bertz CT molecular complexity index is 1670. The third-order valence-electron chi connectivity index (χ3n) is 7.80. The molecule has 0 aliphatic carbocycles. The molecule has 1 aliphatic heterocycles. The molecule has 270 valence electrons. The number of thiophene rings is 2. The van der Waals surface area contributed by atoms with Crippen LogP contribution in [-0.4, -0.2) is 60.2 Å². The molecule has 0 fully saturated rings. The van der Waals surface area contributed by atoms with Gasteiger partial charge in [0.1, 0.15) is 13.2 Å². The maximum atomic E-state index is 13.4. The molecule has 0 radical (unpaired) electrons. The third-order valence-corrected chi connectivity index (χ3v) is 9.52. The highest BCUT2D eigenvalue weighted by molar-refractivity contribution is 7.10. The molecule has 0 saturated carbocycles. The van der Waals surface area contributed by atoms with E-state index >= 15 is 0 Å².